The van der Waals surface area contributed by atoms with Crippen molar-refractivity contribution >= 4 is 17.7 Å². The van der Waals surface area contributed by atoms with Crippen LogP contribution in [-0.2, 0) is 9.53 Å². The number of nitrogens with one attached hydrogen (secondary N) is 1. The van der Waals surface area contributed by atoms with Crippen molar-refractivity contribution in [1.29, 1.82) is 0 Å². The van der Waals surface area contributed by atoms with Crippen molar-refractivity contribution in [3.63, 3.8) is 0 Å². The van der Waals surface area contributed by atoms with Gasteiger partial charge < -0.3 is 10.1 Å². The number of methoxy groups -OCH3 is 1. The third-order valence-electron chi connectivity index (χ3n) is 2.31. The number of carbonyl (C=O) groups is 1. The molecule has 0 amide bonds. The summed E-state index contributed by atoms with van der Waals surface area (Å²) in [6, 6.07) is 0. The smallest absolute Gasteiger partial charge is 0.326 e. The maximum Gasteiger partial charge on any atom is 0.326 e. The first-order valence-electron chi connectivity index (χ1n) is 4.66. The molecule has 0 radical (unpaired) electrons. The highest BCUT2D eigenvalue weighted by molar-refractivity contribution is 7.99. The summed E-state index contributed by atoms with van der Waals surface area (Å²) in [4.78, 5) is 11.5. The molecule has 0 spiro atoms. The zero-order valence-electron chi connectivity index (χ0n) is 8.26. The lowest BCUT2D eigenvalue weighted by molar-refractivity contribution is -0.147. The molecule has 1 fully saturated rings. The fourth-order valence-electron chi connectivity index (χ4n) is 1.50. The van der Waals surface area contributed by atoms with Crippen molar-refractivity contribution in [2.45, 2.75) is 25.3 Å². The Kier molecular flexibility index (Phi) is 4.06. The van der Waals surface area contributed by atoms with E-state index in [4.69, 9.17) is 4.74 Å². The SMILES string of the molecule is CCCNC1(C(=O)OC)CCSC1. The van der Waals surface area contributed by atoms with Gasteiger partial charge in [-0.05, 0) is 25.1 Å². The van der Waals surface area contributed by atoms with E-state index in [0.29, 0.717) is 0 Å². The largest absolute Gasteiger partial charge is 0.468 e. The van der Waals surface area contributed by atoms with Crippen LogP contribution in [0.2, 0.25) is 0 Å². The van der Waals surface area contributed by atoms with Crippen molar-refractivity contribution in [2.24, 2.45) is 0 Å². The van der Waals surface area contributed by atoms with Crippen LogP contribution in [0.1, 0.15) is 19.8 Å². The van der Waals surface area contributed by atoms with Crippen LogP contribution in [0.15, 0.2) is 0 Å². The van der Waals surface area contributed by atoms with Crippen molar-refractivity contribution in [3.05, 3.63) is 0 Å². The maximum absolute atomic E-state index is 11.5. The molecule has 0 bridgehead atoms. The number of hydrogen-bond acceptors (Lipinski definition) is 4. The van der Waals surface area contributed by atoms with Gasteiger partial charge in [0.05, 0.1) is 7.11 Å². The second kappa shape index (κ2) is 4.86. The number of ether oxygens (including phenoxy) is 1. The van der Waals surface area contributed by atoms with E-state index in [-0.39, 0.29) is 5.97 Å². The summed E-state index contributed by atoms with van der Waals surface area (Å²) >= 11 is 1.81. The molecule has 1 N–H and O–H groups in total. The molecule has 1 heterocycles. The molecule has 13 heavy (non-hydrogen) atoms. The normalized spacial score (nSPS) is 27.5. The highest BCUT2D eigenvalue weighted by Crippen LogP contribution is 2.28. The summed E-state index contributed by atoms with van der Waals surface area (Å²) in [5.41, 5.74) is -0.393. The lowest BCUT2D eigenvalue weighted by Crippen LogP contribution is -2.53. The van der Waals surface area contributed by atoms with Crippen LogP contribution in [0.5, 0.6) is 0 Å². The first-order valence-corrected chi connectivity index (χ1v) is 5.82. The van der Waals surface area contributed by atoms with Gasteiger partial charge in [0.25, 0.3) is 0 Å². The molecule has 0 aromatic heterocycles. The molecule has 1 saturated heterocycles. The van der Waals surface area contributed by atoms with E-state index < -0.39 is 5.54 Å². The molecular formula is C9H17NO2S. The Labute approximate surface area is 83.6 Å². The Morgan fingerprint density at radius 1 is 1.69 bits per heavy atom. The summed E-state index contributed by atoms with van der Waals surface area (Å²) in [6.07, 6.45) is 1.94. The molecule has 0 aromatic carbocycles. The second-order valence-electron chi connectivity index (χ2n) is 3.30. The van der Waals surface area contributed by atoms with Gasteiger partial charge in [0, 0.05) is 5.75 Å². The van der Waals surface area contributed by atoms with Crippen LogP contribution in [0.25, 0.3) is 0 Å². The van der Waals surface area contributed by atoms with Crippen LogP contribution >= 0.6 is 11.8 Å². The average molecular weight is 203 g/mol. The van der Waals surface area contributed by atoms with E-state index in [9.17, 15) is 4.79 Å². The number of hydrogen-bond donors (Lipinski definition) is 1. The van der Waals surface area contributed by atoms with E-state index in [1.54, 1.807) is 0 Å². The van der Waals surface area contributed by atoms with Crippen LogP contribution in [0.4, 0.5) is 0 Å². The summed E-state index contributed by atoms with van der Waals surface area (Å²) in [6.45, 7) is 2.98. The van der Waals surface area contributed by atoms with E-state index in [0.717, 1.165) is 30.9 Å². The molecule has 1 aliphatic heterocycles. The van der Waals surface area contributed by atoms with Crippen molar-refractivity contribution in [1.82, 2.24) is 5.32 Å². The fourth-order valence-corrected chi connectivity index (χ4v) is 2.85. The first-order chi connectivity index (χ1) is 6.25. The summed E-state index contributed by atoms with van der Waals surface area (Å²) in [7, 11) is 1.46. The van der Waals surface area contributed by atoms with Gasteiger partial charge >= 0.3 is 5.97 Å². The monoisotopic (exact) mass is 203 g/mol. The van der Waals surface area contributed by atoms with Crippen molar-refractivity contribution in [2.75, 3.05) is 25.2 Å². The zero-order chi connectivity index (χ0) is 9.73. The third kappa shape index (κ3) is 2.38. The van der Waals surface area contributed by atoms with E-state index >= 15 is 0 Å². The molecular weight excluding hydrogens is 186 g/mol. The molecule has 0 saturated carbocycles. The van der Waals surface area contributed by atoms with Crippen LogP contribution in [0, 0.1) is 0 Å². The fraction of sp³-hybridized carbons (Fsp3) is 0.889. The van der Waals surface area contributed by atoms with E-state index in [1.807, 2.05) is 11.8 Å². The Hall–Kier alpha value is -0.220. The Balaban J connectivity index is 2.57. The van der Waals surface area contributed by atoms with Gasteiger partial charge in [0.15, 0.2) is 0 Å². The number of carbonyl (C=O) groups excluding carboxylic acids is 1. The minimum atomic E-state index is -0.393. The third-order valence-corrected chi connectivity index (χ3v) is 3.50. The Bertz CT molecular complexity index is 178. The standard InChI is InChI=1S/C9H17NO2S/c1-3-5-10-9(8(11)12-2)4-6-13-7-9/h10H,3-7H2,1-2H3. The summed E-state index contributed by atoms with van der Waals surface area (Å²) in [5, 5.41) is 3.30. The minimum absolute atomic E-state index is 0.106. The predicted molar refractivity (Wildman–Crippen MR) is 55.0 cm³/mol. The quantitative estimate of drug-likeness (QED) is 0.693. The lowest BCUT2D eigenvalue weighted by atomic mass is 9.99. The second-order valence-corrected chi connectivity index (χ2v) is 4.41. The van der Waals surface area contributed by atoms with Crippen molar-refractivity contribution < 1.29 is 9.53 Å². The van der Waals surface area contributed by atoms with Gasteiger partial charge in [-0.1, -0.05) is 6.92 Å². The maximum atomic E-state index is 11.5. The van der Waals surface area contributed by atoms with Gasteiger partial charge in [-0.25, -0.2) is 0 Å². The first kappa shape index (κ1) is 10.9. The summed E-state index contributed by atoms with van der Waals surface area (Å²) in [5.74, 6) is 1.79. The van der Waals surface area contributed by atoms with Crippen LogP contribution in [-0.4, -0.2) is 36.7 Å². The average Bonchev–Trinajstić information content (AvgIpc) is 2.63. The molecule has 0 aliphatic carbocycles. The van der Waals surface area contributed by atoms with Crippen molar-refractivity contribution in [3.8, 4) is 0 Å². The molecule has 1 aliphatic rings. The minimum Gasteiger partial charge on any atom is -0.468 e. The van der Waals surface area contributed by atoms with Gasteiger partial charge in [0.2, 0.25) is 0 Å². The molecule has 0 aromatic rings. The highest BCUT2D eigenvalue weighted by Gasteiger charge is 2.42. The van der Waals surface area contributed by atoms with Gasteiger partial charge in [-0.15, -0.1) is 0 Å². The number of esters is 1. The molecule has 1 rings (SSSR count). The molecule has 1 atom stereocenters. The molecule has 1 unspecified atom stereocenters. The molecule has 4 heteroatoms. The predicted octanol–water partition coefficient (Wildman–Crippen LogP) is 1.03. The van der Waals surface area contributed by atoms with E-state index in [1.165, 1.54) is 7.11 Å². The lowest BCUT2D eigenvalue weighted by Gasteiger charge is -2.26. The Morgan fingerprint density at radius 3 is 2.92 bits per heavy atom. The number of rotatable bonds is 4. The van der Waals surface area contributed by atoms with Crippen LogP contribution in [0.3, 0.4) is 0 Å². The Morgan fingerprint density at radius 2 is 2.46 bits per heavy atom. The van der Waals surface area contributed by atoms with Crippen LogP contribution < -0.4 is 5.32 Å². The zero-order valence-corrected chi connectivity index (χ0v) is 9.08. The molecule has 3 nitrogen and oxygen atoms in total. The van der Waals surface area contributed by atoms with E-state index in [2.05, 4.69) is 12.2 Å². The molecule has 76 valence electrons. The van der Waals surface area contributed by atoms with Gasteiger partial charge in [-0.3, -0.25) is 4.79 Å². The topological polar surface area (TPSA) is 38.3 Å². The summed E-state index contributed by atoms with van der Waals surface area (Å²) < 4.78 is 4.82. The number of thioether (sulfide) groups is 1. The highest BCUT2D eigenvalue weighted by atomic mass is 32.2. The van der Waals surface area contributed by atoms with Gasteiger partial charge in [-0.2, -0.15) is 11.8 Å². The van der Waals surface area contributed by atoms with Gasteiger partial charge in [0.1, 0.15) is 5.54 Å².